The molecule has 0 aliphatic heterocycles. The fraction of sp³-hybridized carbons (Fsp3) is 0.267. The standard InChI is InChI=1S/C30H30N2O4/c1-5-30(6-2)26-15-11-10-14-24(26)25-17-16-23(18-27(25)30)29(32-36-21(4)34)19-28(31-35-20(3)33)22-12-8-7-9-13-22/h7-18H,5-6,19H2,1-4H3/b31-28-,32-29+. The minimum atomic E-state index is -0.520. The molecule has 0 heterocycles. The van der Waals surface area contributed by atoms with Gasteiger partial charge in [0.2, 0.25) is 0 Å². The Hall–Kier alpha value is -4.06. The summed E-state index contributed by atoms with van der Waals surface area (Å²) in [6.07, 6.45) is 2.11. The van der Waals surface area contributed by atoms with Crippen LogP contribution in [0.15, 0.2) is 83.1 Å². The van der Waals surface area contributed by atoms with Crippen molar-refractivity contribution in [1.82, 2.24) is 0 Å². The van der Waals surface area contributed by atoms with Crippen molar-refractivity contribution < 1.29 is 19.3 Å². The van der Waals surface area contributed by atoms with Gasteiger partial charge in [-0.25, -0.2) is 9.59 Å². The Morgan fingerprint density at radius 3 is 1.86 bits per heavy atom. The number of hydrogen-bond acceptors (Lipinski definition) is 6. The van der Waals surface area contributed by atoms with Gasteiger partial charge in [-0.15, -0.1) is 0 Å². The first kappa shape index (κ1) is 25.0. The van der Waals surface area contributed by atoms with Crippen LogP contribution in [-0.4, -0.2) is 23.4 Å². The average Bonchev–Trinajstić information content (AvgIpc) is 3.18. The molecule has 1 aliphatic rings. The number of benzene rings is 3. The van der Waals surface area contributed by atoms with E-state index in [4.69, 9.17) is 9.68 Å². The van der Waals surface area contributed by atoms with Gasteiger partial charge in [-0.1, -0.05) is 90.9 Å². The highest BCUT2D eigenvalue weighted by atomic mass is 16.7. The first-order valence-corrected chi connectivity index (χ1v) is 12.2. The van der Waals surface area contributed by atoms with Gasteiger partial charge in [-0.3, -0.25) is 0 Å². The second-order valence-corrected chi connectivity index (χ2v) is 8.88. The average molecular weight is 483 g/mol. The first-order valence-electron chi connectivity index (χ1n) is 12.2. The van der Waals surface area contributed by atoms with Crippen LogP contribution in [0.2, 0.25) is 0 Å². The van der Waals surface area contributed by atoms with Crippen molar-refractivity contribution >= 4 is 23.4 Å². The van der Waals surface area contributed by atoms with Crippen molar-refractivity contribution in [2.24, 2.45) is 10.3 Å². The quantitative estimate of drug-likeness (QED) is 0.211. The third kappa shape index (κ3) is 4.85. The minimum absolute atomic E-state index is 0.109. The molecule has 0 saturated carbocycles. The van der Waals surface area contributed by atoms with Crippen molar-refractivity contribution in [3.05, 3.63) is 95.1 Å². The van der Waals surface area contributed by atoms with Crippen LogP contribution >= 0.6 is 0 Å². The van der Waals surface area contributed by atoms with Crippen LogP contribution < -0.4 is 0 Å². The number of nitrogens with zero attached hydrogens (tertiary/aromatic N) is 2. The highest BCUT2D eigenvalue weighted by Gasteiger charge is 2.40. The Morgan fingerprint density at radius 1 is 0.694 bits per heavy atom. The van der Waals surface area contributed by atoms with Crippen LogP contribution in [0.25, 0.3) is 11.1 Å². The molecule has 3 aromatic carbocycles. The van der Waals surface area contributed by atoms with Crippen LogP contribution in [0.5, 0.6) is 0 Å². The third-order valence-corrected chi connectivity index (χ3v) is 6.82. The number of carbonyl (C=O) groups excluding carboxylic acids is 2. The fourth-order valence-corrected chi connectivity index (χ4v) is 5.05. The smallest absolute Gasteiger partial charge is 0.318 e. The van der Waals surface area contributed by atoms with Gasteiger partial charge in [0, 0.05) is 31.2 Å². The summed E-state index contributed by atoms with van der Waals surface area (Å²) >= 11 is 0. The van der Waals surface area contributed by atoms with Gasteiger partial charge >= 0.3 is 11.9 Å². The van der Waals surface area contributed by atoms with Crippen LogP contribution in [0.1, 0.15) is 69.2 Å². The Labute approximate surface area is 211 Å². The molecule has 0 N–H and O–H groups in total. The topological polar surface area (TPSA) is 77.3 Å². The van der Waals surface area contributed by atoms with E-state index >= 15 is 0 Å². The van der Waals surface area contributed by atoms with Gasteiger partial charge in [-0.05, 0) is 46.7 Å². The molecule has 0 bridgehead atoms. The summed E-state index contributed by atoms with van der Waals surface area (Å²) in [4.78, 5) is 33.2. The summed E-state index contributed by atoms with van der Waals surface area (Å²) in [6.45, 7) is 7.04. The van der Waals surface area contributed by atoms with Crippen LogP contribution in [0, 0.1) is 0 Å². The summed E-state index contributed by atoms with van der Waals surface area (Å²) in [5.74, 6) is -1.04. The van der Waals surface area contributed by atoms with Gasteiger partial charge in [0.05, 0.1) is 11.4 Å². The van der Waals surface area contributed by atoms with Crippen molar-refractivity contribution in [2.75, 3.05) is 0 Å². The summed E-state index contributed by atoms with van der Waals surface area (Å²) in [6, 6.07) is 24.2. The number of hydrogen-bond donors (Lipinski definition) is 0. The first-order chi connectivity index (χ1) is 17.4. The van der Waals surface area contributed by atoms with Crippen molar-refractivity contribution in [3.63, 3.8) is 0 Å². The molecule has 184 valence electrons. The number of oxime groups is 2. The van der Waals surface area contributed by atoms with Gasteiger partial charge in [0.1, 0.15) is 0 Å². The lowest BCUT2D eigenvalue weighted by Gasteiger charge is -2.30. The lowest BCUT2D eigenvalue weighted by Crippen LogP contribution is -2.23. The van der Waals surface area contributed by atoms with E-state index < -0.39 is 11.9 Å². The fourth-order valence-electron chi connectivity index (χ4n) is 5.05. The Balaban J connectivity index is 1.82. The molecule has 6 nitrogen and oxygen atoms in total. The number of carbonyl (C=O) groups is 2. The Kier molecular flexibility index (Phi) is 7.44. The van der Waals surface area contributed by atoms with E-state index in [9.17, 15) is 9.59 Å². The highest BCUT2D eigenvalue weighted by molar-refractivity contribution is 6.18. The maximum absolute atomic E-state index is 11.7. The second kappa shape index (κ2) is 10.7. The lowest BCUT2D eigenvalue weighted by atomic mass is 9.73. The van der Waals surface area contributed by atoms with Crippen molar-refractivity contribution in [2.45, 2.75) is 52.4 Å². The molecular weight excluding hydrogens is 452 g/mol. The van der Waals surface area contributed by atoms with E-state index in [0.29, 0.717) is 11.4 Å². The number of rotatable bonds is 8. The van der Waals surface area contributed by atoms with Gasteiger partial charge < -0.3 is 9.68 Å². The second-order valence-electron chi connectivity index (χ2n) is 8.88. The Morgan fingerprint density at radius 2 is 1.25 bits per heavy atom. The molecule has 0 amide bonds. The predicted molar refractivity (Wildman–Crippen MR) is 141 cm³/mol. The van der Waals surface area contributed by atoms with E-state index in [1.165, 1.54) is 36.1 Å². The molecule has 1 aliphatic carbocycles. The SMILES string of the molecule is CCC1(CC)c2ccccc2-c2ccc(/C(C/C(=N/OC(C)=O)c3ccccc3)=N/OC(C)=O)cc21. The van der Waals surface area contributed by atoms with Gasteiger partial charge in [-0.2, -0.15) is 0 Å². The highest BCUT2D eigenvalue weighted by Crippen LogP contribution is 2.52. The molecule has 36 heavy (non-hydrogen) atoms. The number of fused-ring (bicyclic) bond motifs is 3. The van der Waals surface area contributed by atoms with E-state index in [-0.39, 0.29) is 11.8 Å². The zero-order chi connectivity index (χ0) is 25.7. The largest absolute Gasteiger partial charge is 0.331 e. The summed E-state index contributed by atoms with van der Waals surface area (Å²) in [5.41, 5.74) is 7.53. The van der Waals surface area contributed by atoms with Crippen LogP contribution in [-0.2, 0) is 24.7 Å². The zero-order valence-electron chi connectivity index (χ0n) is 21.1. The normalized spacial score (nSPS) is 14.1. The molecular formula is C30H30N2O4. The molecule has 0 radical (unpaired) electrons. The van der Waals surface area contributed by atoms with E-state index in [1.54, 1.807) is 0 Å². The summed E-state index contributed by atoms with van der Waals surface area (Å²) in [7, 11) is 0. The van der Waals surface area contributed by atoms with Gasteiger partial charge in [0.25, 0.3) is 0 Å². The maximum atomic E-state index is 11.7. The van der Waals surface area contributed by atoms with E-state index in [0.717, 1.165) is 24.0 Å². The van der Waals surface area contributed by atoms with Crippen molar-refractivity contribution in [3.8, 4) is 11.1 Å². The molecule has 3 aromatic rings. The van der Waals surface area contributed by atoms with Crippen LogP contribution in [0.4, 0.5) is 0 Å². The van der Waals surface area contributed by atoms with E-state index in [1.807, 2.05) is 36.4 Å². The maximum Gasteiger partial charge on any atom is 0.331 e. The molecule has 0 unspecified atom stereocenters. The monoisotopic (exact) mass is 482 g/mol. The molecule has 0 fully saturated rings. The third-order valence-electron chi connectivity index (χ3n) is 6.82. The van der Waals surface area contributed by atoms with Crippen molar-refractivity contribution in [1.29, 1.82) is 0 Å². The van der Waals surface area contributed by atoms with E-state index in [2.05, 4.69) is 60.6 Å². The molecule has 6 heteroatoms. The summed E-state index contributed by atoms with van der Waals surface area (Å²) < 4.78 is 0. The van der Waals surface area contributed by atoms with Crippen LogP contribution in [0.3, 0.4) is 0 Å². The zero-order valence-corrected chi connectivity index (χ0v) is 21.1. The minimum Gasteiger partial charge on any atom is -0.318 e. The molecule has 0 spiro atoms. The Bertz CT molecular complexity index is 1340. The molecule has 0 atom stereocenters. The molecule has 0 aromatic heterocycles. The predicted octanol–water partition coefficient (Wildman–Crippen LogP) is 6.40. The molecule has 0 saturated heterocycles. The summed E-state index contributed by atoms with van der Waals surface area (Å²) in [5, 5.41) is 8.30. The molecule has 4 rings (SSSR count). The van der Waals surface area contributed by atoms with Gasteiger partial charge in [0.15, 0.2) is 0 Å². The lowest BCUT2D eigenvalue weighted by molar-refractivity contribution is -0.141.